The quantitative estimate of drug-likeness (QED) is 0.907. The van der Waals surface area contributed by atoms with Gasteiger partial charge in [0.2, 0.25) is 0 Å². The summed E-state index contributed by atoms with van der Waals surface area (Å²) in [5.41, 5.74) is 1.39. The van der Waals surface area contributed by atoms with Crippen molar-refractivity contribution < 1.29 is 13.9 Å². The Labute approximate surface area is 135 Å². The SMILES string of the molecule is COc1ccc(C(=O)NC(c2ccccc2)C2CC2C)cc1F. The second-order valence-corrected chi connectivity index (χ2v) is 6.09. The van der Waals surface area contributed by atoms with Gasteiger partial charge in [-0.25, -0.2) is 4.39 Å². The van der Waals surface area contributed by atoms with E-state index in [1.54, 1.807) is 6.07 Å². The van der Waals surface area contributed by atoms with Crippen molar-refractivity contribution in [2.75, 3.05) is 7.11 Å². The summed E-state index contributed by atoms with van der Waals surface area (Å²) in [6, 6.07) is 14.2. The molecule has 3 rings (SSSR count). The van der Waals surface area contributed by atoms with Crippen LogP contribution in [-0.4, -0.2) is 13.0 Å². The van der Waals surface area contributed by atoms with Crippen LogP contribution in [0.4, 0.5) is 4.39 Å². The number of hydrogen-bond donors (Lipinski definition) is 1. The van der Waals surface area contributed by atoms with Crippen LogP contribution in [0.1, 0.15) is 35.3 Å². The molecule has 1 N–H and O–H groups in total. The molecule has 3 nitrogen and oxygen atoms in total. The highest BCUT2D eigenvalue weighted by atomic mass is 19.1. The molecule has 0 aliphatic heterocycles. The van der Waals surface area contributed by atoms with E-state index in [2.05, 4.69) is 12.2 Å². The Kier molecular flexibility index (Phi) is 4.33. The molecule has 0 spiro atoms. The zero-order chi connectivity index (χ0) is 16.4. The van der Waals surface area contributed by atoms with Gasteiger partial charge in [0.25, 0.3) is 5.91 Å². The molecule has 3 atom stereocenters. The maximum Gasteiger partial charge on any atom is 0.251 e. The molecule has 2 aromatic carbocycles. The van der Waals surface area contributed by atoms with Crippen LogP contribution in [0, 0.1) is 17.7 Å². The summed E-state index contributed by atoms with van der Waals surface area (Å²) in [7, 11) is 1.40. The number of halogens is 1. The van der Waals surface area contributed by atoms with E-state index in [9.17, 15) is 9.18 Å². The molecule has 0 bridgehead atoms. The molecule has 120 valence electrons. The standard InChI is InChI=1S/C19H20FNO2/c1-12-10-15(12)18(13-6-4-3-5-7-13)21-19(22)14-8-9-17(23-2)16(20)11-14/h3-9,11-12,15,18H,10H2,1-2H3,(H,21,22). The predicted molar refractivity (Wildman–Crippen MR) is 86.9 cm³/mol. The van der Waals surface area contributed by atoms with E-state index < -0.39 is 5.82 Å². The monoisotopic (exact) mass is 313 g/mol. The third kappa shape index (κ3) is 3.36. The summed E-state index contributed by atoms with van der Waals surface area (Å²) in [6.07, 6.45) is 1.09. The molecule has 1 amide bonds. The van der Waals surface area contributed by atoms with Crippen molar-refractivity contribution in [3.8, 4) is 5.75 Å². The molecule has 1 saturated carbocycles. The summed E-state index contributed by atoms with van der Waals surface area (Å²) in [6.45, 7) is 2.18. The Bertz CT molecular complexity index is 702. The highest BCUT2D eigenvalue weighted by molar-refractivity contribution is 5.94. The van der Waals surface area contributed by atoms with E-state index in [0.717, 1.165) is 12.0 Å². The van der Waals surface area contributed by atoms with Gasteiger partial charge in [0.1, 0.15) is 0 Å². The highest BCUT2D eigenvalue weighted by Crippen LogP contribution is 2.47. The minimum absolute atomic E-state index is 0.0381. The van der Waals surface area contributed by atoms with Crippen molar-refractivity contribution in [1.82, 2.24) is 5.32 Å². The highest BCUT2D eigenvalue weighted by Gasteiger charge is 2.41. The number of amides is 1. The summed E-state index contributed by atoms with van der Waals surface area (Å²) in [5.74, 6) is 0.366. The number of carbonyl (C=O) groups excluding carboxylic acids is 1. The number of benzene rings is 2. The molecular formula is C19H20FNO2. The molecule has 0 saturated heterocycles. The fourth-order valence-corrected chi connectivity index (χ4v) is 2.95. The summed E-state index contributed by atoms with van der Waals surface area (Å²) < 4.78 is 18.7. The Balaban J connectivity index is 1.80. The van der Waals surface area contributed by atoms with Crippen LogP contribution in [0.2, 0.25) is 0 Å². The molecule has 1 aliphatic carbocycles. The predicted octanol–water partition coefficient (Wildman–Crippen LogP) is 3.96. The van der Waals surface area contributed by atoms with E-state index in [0.29, 0.717) is 17.4 Å². The van der Waals surface area contributed by atoms with Gasteiger partial charge in [0.05, 0.1) is 13.2 Å². The van der Waals surface area contributed by atoms with Gasteiger partial charge in [-0.15, -0.1) is 0 Å². The maximum atomic E-state index is 13.8. The van der Waals surface area contributed by atoms with Crippen LogP contribution < -0.4 is 10.1 Å². The van der Waals surface area contributed by atoms with Gasteiger partial charge >= 0.3 is 0 Å². The maximum absolute atomic E-state index is 13.8. The zero-order valence-corrected chi connectivity index (χ0v) is 13.3. The molecule has 4 heteroatoms. The Morgan fingerprint density at radius 1 is 1.26 bits per heavy atom. The van der Waals surface area contributed by atoms with Gasteiger partial charge in [0, 0.05) is 5.56 Å². The van der Waals surface area contributed by atoms with Crippen molar-refractivity contribution in [3.05, 3.63) is 65.5 Å². The smallest absolute Gasteiger partial charge is 0.251 e. The zero-order valence-electron chi connectivity index (χ0n) is 13.3. The van der Waals surface area contributed by atoms with E-state index in [-0.39, 0.29) is 17.7 Å². The number of hydrogen-bond acceptors (Lipinski definition) is 2. The van der Waals surface area contributed by atoms with Crippen LogP contribution in [0.5, 0.6) is 5.75 Å². The van der Waals surface area contributed by atoms with E-state index in [1.165, 1.54) is 19.2 Å². The third-order valence-corrected chi connectivity index (χ3v) is 4.46. The number of rotatable bonds is 5. The fraction of sp³-hybridized carbons (Fsp3) is 0.316. The molecule has 0 aromatic heterocycles. The van der Waals surface area contributed by atoms with Crippen molar-refractivity contribution >= 4 is 5.91 Å². The molecule has 1 aliphatic rings. The van der Waals surface area contributed by atoms with E-state index in [1.807, 2.05) is 30.3 Å². The van der Waals surface area contributed by atoms with Gasteiger partial charge in [-0.05, 0) is 42.0 Å². The number of methoxy groups -OCH3 is 1. The number of nitrogens with one attached hydrogen (secondary N) is 1. The van der Waals surface area contributed by atoms with Gasteiger partial charge in [0.15, 0.2) is 11.6 Å². The van der Waals surface area contributed by atoms with Crippen molar-refractivity contribution in [2.45, 2.75) is 19.4 Å². The van der Waals surface area contributed by atoms with Crippen LogP contribution in [0.15, 0.2) is 48.5 Å². The first-order chi connectivity index (χ1) is 11.1. The fourth-order valence-electron chi connectivity index (χ4n) is 2.95. The van der Waals surface area contributed by atoms with E-state index >= 15 is 0 Å². The first kappa shape index (κ1) is 15.5. The second kappa shape index (κ2) is 6.41. The molecular weight excluding hydrogens is 293 g/mol. The lowest BCUT2D eigenvalue weighted by molar-refractivity contribution is 0.0930. The third-order valence-electron chi connectivity index (χ3n) is 4.46. The number of carbonyl (C=O) groups is 1. The molecule has 1 fully saturated rings. The minimum atomic E-state index is -0.531. The lowest BCUT2D eigenvalue weighted by Crippen LogP contribution is -2.30. The average molecular weight is 313 g/mol. The summed E-state index contributed by atoms with van der Waals surface area (Å²) in [4.78, 5) is 12.5. The van der Waals surface area contributed by atoms with Crippen molar-refractivity contribution in [1.29, 1.82) is 0 Å². The minimum Gasteiger partial charge on any atom is -0.494 e. The average Bonchev–Trinajstić information content (AvgIpc) is 3.29. The lowest BCUT2D eigenvalue weighted by atomic mass is 10.0. The van der Waals surface area contributed by atoms with Gasteiger partial charge < -0.3 is 10.1 Å². The van der Waals surface area contributed by atoms with Gasteiger partial charge in [-0.1, -0.05) is 37.3 Å². The summed E-state index contributed by atoms with van der Waals surface area (Å²) >= 11 is 0. The molecule has 2 aromatic rings. The molecule has 0 heterocycles. The van der Waals surface area contributed by atoms with Gasteiger partial charge in [-0.3, -0.25) is 4.79 Å². The topological polar surface area (TPSA) is 38.3 Å². The lowest BCUT2D eigenvalue weighted by Gasteiger charge is -2.19. The summed E-state index contributed by atoms with van der Waals surface area (Å²) in [5, 5.41) is 3.06. The largest absolute Gasteiger partial charge is 0.494 e. The Morgan fingerprint density at radius 2 is 1.96 bits per heavy atom. The van der Waals surface area contributed by atoms with E-state index in [4.69, 9.17) is 4.74 Å². The molecule has 23 heavy (non-hydrogen) atoms. The number of ether oxygens (including phenoxy) is 1. The molecule has 3 unspecified atom stereocenters. The van der Waals surface area contributed by atoms with Crippen LogP contribution in [0.25, 0.3) is 0 Å². The van der Waals surface area contributed by atoms with Crippen LogP contribution >= 0.6 is 0 Å². The normalized spacial score (nSPS) is 20.7. The van der Waals surface area contributed by atoms with Crippen LogP contribution in [0.3, 0.4) is 0 Å². The van der Waals surface area contributed by atoms with Crippen molar-refractivity contribution in [3.63, 3.8) is 0 Å². The first-order valence-electron chi connectivity index (χ1n) is 7.79. The Morgan fingerprint density at radius 3 is 2.52 bits per heavy atom. The van der Waals surface area contributed by atoms with Gasteiger partial charge in [-0.2, -0.15) is 0 Å². The second-order valence-electron chi connectivity index (χ2n) is 6.09. The van der Waals surface area contributed by atoms with Crippen LogP contribution in [-0.2, 0) is 0 Å². The Hall–Kier alpha value is -2.36. The molecule has 0 radical (unpaired) electrons. The first-order valence-corrected chi connectivity index (χ1v) is 7.79. The van der Waals surface area contributed by atoms with Crippen molar-refractivity contribution in [2.24, 2.45) is 11.8 Å².